The number of carbonyl (C=O) groups is 1. The summed E-state index contributed by atoms with van der Waals surface area (Å²) in [7, 11) is 1.91. The van der Waals surface area contributed by atoms with Crippen molar-refractivity contribution in [3.05, 3.63) is 17.5 Å². The number of ether oxygens (including phenoxy) is 1. The van der Waals surface area contributed by atoms with Gasteiger partial charge in [0.1, 0.15) is 0 Å². The summed E-state index contributed by atoms with van der Waals surface area (Å²) in [6, 6.07) is 0. The molecule has 0 amide bonds. The molecule has 0 spiro atoms. The fourth-order valence-corrected chi connectivity index (χ4v) is 1.64. The van der Waals surface area contributed by atoms with Gasteiger partial charge in [0.05, 0.1) is 12.3 Å². The molecule has 1 rings (SSSR count). The lowest BCUT2D eigenvalue weighted by molar-refractivity contribution is -0.143. The summed E-state index contributed by atoms with van der Waals surface area (Å²) in [5.74, 6) is -0.119. The van der Waals surface area contributed by atoms with E-state index in [1.165, 1.54) is 5.56 Å². The molecule has 17 heavy (non-hydrogen) atoms. The number of aromatic nitrogens is 2. The minimum absolute atomic E-state index is 0.119. The molecule has 96 valence electrons. The van der Waals surface area contributed by atoms with Gasteiger partial charge < -0.3 is 10.1 Å². The first-order chi connectivity index (χ1) is 8.13. The summed E-state index contributed by atoms with van der Waals surface area (Å²) in [6.07, 6.45) is 3.29. The molecular weight excluding hydrogens is 218 g/mol. The fourth-order valence-electron chi connectivity index (χ4n) is 1.64. The Morgan fingerprint density at radius 2 is 2.35 bits per heavy atom. The standard InChI is InChI=1S/C12H21N3O2/c1-4-17-12(16)6-5-7-13-8-11-9-15(3)14-10(11)2/h9,13H,4-8H2,1-3H3. The average Bonchev–Trinajstić information content (AvgIpc) is 2.57. The molecule has 0 fully saturated rings. The van der Waals surface area contributed by atoms with Crippen LogP contribution in [0.1, 0.15) is 31.0 Å². The molecule has 0 aliphatic rings. The quantitative estimate of drug-likeness (QED) is 0.573. The molecule has 1 N–H and O–H groups in total. The molecule has 1 aromatic heterocycles. The molecule has 0 aliphatic heterocycles. The molecule has 0 aliphatic carbocycles. The van der Waals surface area contributed by atoms with Gasteiger partial charge in [0.25, 0.3) is 0 Å². The fraction of sp³-hybridized carbons (Fsp3) is 0.667. The number of rotatable bonds is 7. The Labute approximate surface area is 102 Å². The van der Waals surface area contributed by atoms with Gasteiger partial charge in [0.2, 0.25) is 0 Å². The lowest BCUT2D eigenvalue weighted by Crippen LogP contribution is -2.16. The maximum Gasteiger partial charge on any atom is 0.305 e. The van der Waals surface area contributed by atoms with Gasteiger partial charge in [-0.15, -0.1) is 0 Å². The van der Waals surface area contributed by atoms with E-state index in [2.05, 4.69) is 10.4 Å². The predicted molar refractivity (Wildman–Crippen MR) is 65.5 cm³/mol. The molecule has 1 heterocycles. The molecule has 1 aromatic rings. The highest BCUT2D eigenvalue weighted by Crippen LogP contribution is 2.03. The van der Waals surface area contributed by atoms with Crippen molar-refractivity contribution in [2.45, 2.75) is 33.2 Å². The Kier molecular flexibility index (Phi) is 5.69. The summed E-state index contributed by atoms with van der Waals surface area (Å²) >= 11 is 0. The van der Waals surface area contributed by atoms with Gasteiger partial charge in [-0.05, 0) is 26.8 Å². The van der Waals surface area contributed by atoms with Gasteiger partial charge >= 0.3 is 5.97 Å². The van der Waals surface area contributed by atoms with Gasteiger partial charge in [-0.25, -0.2) is 0 Å². The smallest absolute Gasteiger partial charge is 0.305 e. The summed E-state index contributed by atoms with van der Waals surface area (Å²) in [4.78, 5) is 11.1. The summed E-state index contributed by atoms with van der Waals surface area (Å²) in [5.41, 5.74) is 2.24. The SMILES string of the molecule is CCOC(=O)CCCNCc1cn(C)nc1C. The van der Waals surface area contributed by atoms with E-state index < -0.39 is 0 Å². The third-order valence-corrected chi connectivity index (χ3v) is 2.47. The molecule has 0 atom stereocenters. The largest absolute Gasteiger partial charge is 0.466 e. The van der Waals surface area contributed by atoms with Crippen LogP contribution in [0.15, 0.2) is 6.20 Å². The van der Waals surface area contributed by atoms with E-state index in [9.17, 15) is 4.79 Å². The average molecular weight is 239 g/mol. The van der Waals surface area contributed by atoms with Gasteiger partial charge in [-0.3, -0.25) is 9.48 Å². The number of nitrogens with zero attached hydrogens (tertiary/aromatic N) is 2. The normalized spacial score (nSPS) is 10.5. The number of hydrogen-bond acceptors (Lipinski definition) is 4. The Hall–Kier alpha value is -1.36. The van der Waals surface area contributed by atoms with Crippen LogP contribution in [0.4, 0.5) is 0 Å². The van der Waals surface area contributed by atoms with Gasteiger partial charge in [-0.2, -0.15) is 5.10 Å². The molecule has 0 radical (unpaired) electrons. The van der Waals surface area contributed by atoms with Crippen molar-refractivity contribution in [1.29, 1.82) is 0 Å². The maximum absolute atomic E-state index is 11.1. The van der Waals surface area contributed by atoms with Gasteiger partial charge in [0.15, 0.2) is 0 Å². The molecule has 0 aromatic carbocycles. The summed E-state index contributed by atoms with van der Waals surface area (Å²) in [5, 5.41) is 7.56. The van der Waals surface area contributed by atoms with Crippen LogP contribution in [-0.4, -0.2) is 28.9 Å². The first kappa shape index (κ1) is 13.7. The van der Waals surface area contributed by atoms with Crippen LogP contribution in [0.3, 0.4) is 0 Å². The molecular formula is C12H21N3O2. The zero-order chi connectivity index (χ0) is 12.7. The van der Waals surface area contributed by atoms with E-state index >= 15 is 0 Å². The summed E-state index contributed by atoms with van der Waals surface area (Å²) < 4.78 is 6.66. The van der Waals surface area contributed by atoms with Crippen molar-refractivity contribution in [2.75, 3.05) is 13.2 Å². The van der Waals surface area contributed by atoms with Crippen LogP contribution in [-0.2, 0) is 23.1 Å². The Morgan fingerprint density at radius 1 is 1.59 bits per heavy atom. The highest BCUT2D eigenvalue weighted by molar-refractivity contribution is 5.69. The molecule has 0 saturated carbocycles. The number of nitrogens with one attached hydrogen (secondary N) is 1. The minimum Gasteiger partial charge on any atom is -0.466 e. The van der Waals surface area contributed by atoms with Gasteiger partial charge in [0, 0.05) is 31.8 Å². The zero-order valence-electron chi connectivity index (χ0n) is 10.8. The first-order valence-electron chi connectivity index (χ1n) is 5.99. The topological polar surface area (TPSA) is 56.1 Å². The molecule has 5 heteroatoms. The minimum atomic E-state index is -0.119. The highest BCUT2D eigenvalue weighted by atomic mass is 16.5. The van der Waals surface area contributed by atoms with Crippen LogP contribution < -0.4 is 5.32 Å². The Bertz CT molecular complexity index is 361. The van der Waals surface area contributed by atoms with Crippen LogP contribution >= 0.6 is 0 Å². The second kappa shape index (κ2) is 7.06. The van der Waals surface area contributed by atoms with Crippen molar-refractivity contribution in [2.24, 2.45) is 7.05 Å². The highest BCUT2D eigenvalue weighted by Gasteiger charge is 2.03. The van der Waals surface area contributed by atoms with Crippen molar-refractivity contribution in [3.8, 4) is 0 Å². The second-order valence-corrected chi connectivity index (χ2v) is 4.00. The zero-order valence-corrected chi connectivity index (χ0v) is 10.8. The van der Waals surface area contributed by atoms with E-state index in [-0.39, 0.29) is 5.97 Å². The molecule has 0 saturated heterocycles. The predicted octanol–water partition coefficient (Wildman–Crippen LogP) is 1.16. The maximum atomic E-state index is 11.1. The number of aryl methyl sites for hydroxylation is 2. The van der Waals surface area contributed by atoms with Crippen molar-refractivity contribution >= 4 is 5.97 Å². The third-order valence-electron chi connectivity index (χ3n) is 2.47. The molecule has 5 nitrogen and oxygen atoms in total. The monoisotopic (exact) mass is 239 g/mol. The number of carbonyl (C=O) groups excluding carboxylic acids is 1. The third kappa shape index (κ3) is 4.99. The van der Waals surface area contributed by atoms with E-state index in [4.69, 9.17) is 4.74 Å². The van der Waals surface area contributed by atoms with E-state index in [1.807, 2.05) is 31.8 Å². The van der Waals surface area contributed by atoms with Crippen LogP contribution in [0.5, 0.6) is 0 Å². The molecule has 0 bridgehead atoms. The van der Waals surface area contributed by atoms with Crippen LogP contribution in [0, 0.1) is 6.92 Å². The number of esters is 1. The van der Waals surface area contributed by atoms with E-state index in [0.29, 0.717) is 13.0 Å². The van der Waals surface area contributed by atoms with E-state index in [1.54, 1.807) is 0 Å². The molecule has 0 unspecified atom stereocenters. The van der Waals surface area contributed by atoms with Gasteiger partial charge in [-0.1, -0.05) is 0 Å². The van der Waals surface area contributed by atoms with Crippen molar-refractivity contribution in [1.82, 2.24) is 15.1 Å². The number of hydrogen-bond donors (Lipinski definition) is 1. The van der Waals surface area contributed by atoms with Crippen LogP contribution in [0.25, 0.3) is 0 Å². The first-order valence-corrected chi connectivity index (χ1v) is 5.99. The lowest BCUT2D eigenvalue weighted by atomic mass is 10.2. The van der Waals surface area contributed by atoms with E-state index in [0.717, 1.165) is 25.2 Å². The van der Waals surface area contributed by atoms with Crippen LogP contribution in [0.2, 0.25) is 0 Å². The van der Waals surface area contributed by atoms with Crippen molar-refractivity contribution in [3.63, 3.8) is 0 Å². The summed E-state index contributed by atoms with van der Waals surface area (Å²) in [6.45, 7) is 5.88. The Balaban J connectivity index is 2.12. The Morgan fingerprint density at radius 3 is 2.94 bits per heavy atom. The van der Waals surface area contributed by atoms with Crippen molar-refractivity contribution < 1.29 is 9.53 Å². The second-order valence-electron chi connectivity index (χ2n) is 4.00. The lowest BCUT2D eigenvalue weighted by Gasteiger charge is -2.04.